The first-order chi connectivity index (χ1) is 8.52. The summed E-state index contributed by atoms with van der Waals surface area (Å²) in [5, 5.41) is -0.282. The molecule has 1 aliphatic carbocycles. The highest BCUT2D eigenvalue weighted by atomic mass is 32.2. The highest BCUT2D eigenvalue weighted by molar-refractivity contribution is 8.00. The molecule has 0 spiro atoms. The fourth-order valence-electron chi connectivity index (χ4n) is 3.18. The van der Waals surface area contributed by atoms with Gasteiger partial charge in [0.25, 0.3) is 0 Å². The van der Waals surface area contributed by atoms with Gasteiger partial charge in [0.15, 0.2) is 9.84 Å². The second-order valence-corrected chi connectivity index (χ2v) is 8.89. The van der Waals surface area contributed by atoms with Gasteiger partial charge in [0.2, 0.25) is 0 Å². The van der Waals surface area contributed by atoms with Crippen molar-refractivity contribution in [3.05, 3.63) is 0 Å². The maximum atomic E-state index is 11.8. The van der Waals surface area contributed by atoms with Crippen LogP contribution in [0, 0.1) is 11.8 Å². The molecule has 2 aliphatic rings. The van der Waals surface area contributed by atoms with Crippen molar-refractivity contribution in [3.63, 3.8) is 0 Å². The average molecular weight is 292 g/mol. The summed E-state index contributed by atoms with van der Waals surface area (Å²) >= 11 is 1.75. The van der Waals surface area contributed by atoms with Crippen LogP contribution in [0.5, 0.6) is 0 Å². The van der Waals surface area contributed by atoms with Crippen LogP contribution in [-0.2, 0) is 9.84 Å². The summed E-state index contributed by atoms with van der Waals surface area (Å²) in [6.07, 6.45) is 5.04. The molecule has 0 radical (unpaired) electrons. The Labute approximate surface area is 115 Å². The average Bonchev–Trinajstić information content (AvgIpc) is 2.75. The van der Waals surface area contributed by atoms with Crippen LogP contribution in [0.15, 0.2) is 0 Å². The normalized spacial score (nSPS) is 34.9. The van der Waals surface area contributed by atoms with Gasteiger partial charge in [-0.25, -0.2) is 8.42 Å². The van der Waals surface area contributed by atoms with E-state index in [1.54, 1.807) is 11.8 Å². The standard InChI is InChI=1S/C12H24N2O2S2/c1-18(15,16)12-9-17-6-5-14(12)8-11-4-2-3-10(11)7-13/h10-12H,2-9,13H2,1H3. The molecule has 0 aromatic carbocycles. The number of thioether (sulfide) groups is 1. The Morgan fingerprint density at radius 1 is 1.33 bits per heavy atom. The highest BCUT2D eigenvalue weighted by Gasteiger charge is 2.35. The first-order valence-electron chi connectivity index (χ1n) is 6.73. The van der Waals surface area contributed by atoms with Gasteiger partial charge in [0, 0.05) is 30.9 Å². The lowest BCUT2D eigenvalue weighted by atomic mass is 9.95. The van der Waals surface area contributed by atoms with E-state index >= 15 is 0 Å². The van der Waals surface area contributed by atoms with Gasteiger partial charge in [-0.2, -0.15) is 11.8 Å². The Balaban J connectivity index is 2.01. The smallest absolute Gasteiger partial charge is 0.164 e. The third-order valence-corrected chi connectivity index (χ3v) is 6.96. The fourth-order valence-corrected chi connectivity index (χ4v) is 6.14. The van der Waals surface area contributed by atoms with Crippen molar-refractivity contribution >= 4 is 21.6 Å². The van der Waals surface area contributed by atoms with Crippen LogP contribution in [-0.4, -0.2) is 56.1 Å². The molecule has 1 saturated carbocycles. The third-order valence-electron chi connectivity index (χ3n) is 4.27. The molecular formula is C12H24N2O2S2. The Kier molecular flexibility index (Phi) is 4.97. The van der Waals surface area contributed by atoms with Crippen LogP contribution in [0.2, 0.25) is 0 Å². The minimum atomic E-state index is -2.97. The molecule has 1 saturated heterocycles. The molecule has 1 heterocycles. The predicted octanol–water partition coefficient (Wildman–Crippen LogP) is 0.781. The van der Waals surface area contributed by atoms with E-state index in [2.05, 4.69) is 4.90 Å². The minimum Gasteiger partial charge on any atom is -0.330 e. The molecule has 1 aliphatic heterocycles. The Hall–Kier alpha value is 0.220. The summed E-state index contributed by atoms with van der Waals surface area (Å²) in [7, 11) is -2.97. The van der Waals surface area contributed by atoms with Crippen LogP contribution < -0.4 is 5.73 Å². The van der Waals surface area contributed by atoms with Crippen molar-refractivity contribution in [2.45, 2.75) is 24.6 Å². The lowest BCUT2D eigenvalue weighted by Gasteiger charge is -2.36. The largest absolute Gasteiger partial charge is 0.330 e. The summed E-state index contributed by atoms with van der Waals surface area (Å²) in [6.45, 7) is 2.56. The number of hydrogen-bond donors (Lipinski definition) is 1. The second kappa shape index (κ2) is 6.11. The number of nitrogens with two attached hydrogens (primary N) is 1. The molecule has 3 atom stereocenters. The van der Waals surface area contributed by atoms with Crippen LogP contribution in [0.4, 0.5) is 0 Å². The van der Waals surface area contributed by atoms with Gasteiger partial charge in [-0.3, -0.25) is 4.90 Å². The van der Waals surface area contributed by atoms with Crippen molar-refractivity contribution in [2.24, 2.45) is 17.6 Å². The maximum Gasteiger partial charge on any atom is 0.164 e. The van der Waals surface area contributed by atoms with E-state index in [9.17, 15) is 8.42 Å². The number of hydrogen-bond acceptors (Lipinski definition) is 5. The van der Waals surface area contributed by atoms with E-state index in [-0.39, 0.29) is 5.37 Å². The first-order valence-corrected chi connectivity index (χ1v) is 9.84. The van der Waals surface area contributed by atoms with Gasteiger partial charge >= 0.3 is 0 Å². The van der Waals surface area contributed by atoms with Crippen molar-refractivity contribution in [3.8, 4) is 0 Å². The van der Waals surface area contributed by atoms with E-state index in [0.717, 1.165) is 31.1 Å². The minimum absolute atomic E-state index is 0.282. The van der Waals surface area contributed by atoms with Gasteiger partial charge in [0.1, 0.15) is 5.37 Å². The third kappa shape index (κ3) is 3.40. The molecule has 0 aromatic heterocycles. The number of rotatable bonds is 4. The predicted molar refractivity (Wildman–Crippen MR) is 77.4 cm³/mol. The van der Waals surface area contributed by atoms with Gasteiger partial charge in [-0.15, -0.1) is 0 Å². The van der Waals surface area contributed by atoms with E-state index in [1.807, 2.05) is 0 Å². The zero-order valence-electron chi connectivity index (χ0n) is 11.0. The Bertz CT molecular complexity index is 372. The molecule has 2 N–H and O–H groups in total. The zero-order valence-corrected chi connectivity index (χ0v) is 12.7. The molecule has 2 fully saturated rings. The molecule has 0 bridgehead atoms. The van der Waals surface area contributed by atoms with Gasteiger partial charge in [0.05, 0.1) is 0 Å². The summed E-state index contributed by atoms with van der Waals surface area (Å²) in [4.78, 5) is 2.18. The molecule has 0 amide bonds. The van der Waals surface area contributed by atoms with E-state index < -0.39 is 9.84 Å². The summed E-state index contributed by atoms with van der Waals surface area (Å²) in [5.74, 6) is 2.97. The molecule has 3 unspecified atom stereocenters. The summed E-state index contributed by atoms with van der Waals surface area (Å²) in [5.41, 5.74) is 5.81. The quantitative estimate of drug-likeness (QED) is 0.829. The fraction of sp³-hybridized carbons (Fsp3) is 1.00. The van der Waals surface area contributed by atoms with Crippen LogP contribution in [0.1, 0.15) is 19.3 Å². The first kappa shape index (κ1) is 14.6. The Morgan fingerprint density at radius 3 is 2.72 bits per heavy atom. The van der Waals surface area contributed by atoms with Crippen molar-refractivity contribution < 1.29 is 8.42 Å². The van der Waals surface area contributed by atoms with E-state index in [1.165, 1.54) is 25.5 Å². The Morgan fingerprint density at radius 2 is 2.06 bits per heavy atom. The SMILES string of the molecule is CS(=O)(=O)C1CSCCN1CC1CCCC1CN. The zero-order chi connectivity index (χ0) is 13.2. The maximum absolute atomic E-state index is 11.8. The lowest BCUT2D eigenvalue weighted by molar-refractivity contribution is 0.203. The topological polar surface area (TPSA) is 63.4 Å². The van der Waals surface area contributed by atoms with Crippen LogP contribution >= 0.6 is 11.8 Å². The van der Waals surface area contributed by atoms with Crippen molar-refractivity contribution in [1.29, 1.82) is 0 Å². The number of sulfone groups is 1. The molecule has 18 heavy (non-hydrogen) atoms. The van der Waals surface area contributed by atoms with Gasteiger partial charge < -0.3 is 5.73 Å². The van der Waals surface area contributed by atoms with Gasteiger partial charge in [-0.05, 0) is 31.2 Å². The van der Waals surface area contributed by atoms with Crippen molar-refractivity contribution in [2.75, 3.05) is 37.4 Å². The van der Waals surface area contributed by atoms with E-state index in [4.69, 9.17) is 5.73 Å². The molecule has 4 nitrogen and oxygen atoms in total. The summed E-state index contributed by atoms with van der Waals surface area (Å²) in [6, 6.07) is 0. The van der Waals surface area contributed by atoms with Crippen LogP contribution in [0.25, 0.3) is 0 Å². The molecular weight excluding hydrogens is 268 g/mol. The van der Waals surface area contributed by atoms with Crippen LogP contribution in [0.3, 0.4) is 0 Å². The molecule has 2 rings (SSSR count). The van der Waals surface area contributed by atoms with Gasteiger partial charge in [-0.1, -0.05) is 6.42 Å². The van der Waals surface area contributed by atoms with Crippen molar-refractivity contribution in [1.82, 2.24) is 4.90 Å². The molecule has 0 aromatic rings. The monoisotopic (exact) mass is 292 g/mol. The lowest BCUT2D eigenvalue weighted by Crippen LogP contribution is -2.49. The van der Waals surface area contributed by atoms with E-state index in [0.29, 0.717) is 11.8 Å². The highest BCUT2D eigenvalue weighted by Crippen LogP contribution is 2.33. The molecule has 106 valence electrons. The molecule has 6 heteroatoms. The number of nitrogens with zero attached hydrogens (tertiary/aromatic N) is 1. The summed E-state index contributed by atoms with van der Waals surface area (Å²) < 4.78 is 23.7. The second-order valence-electron chi connectivity index (χ2n) is 5.54.